The van der Waals surface area contributed by atoms with E-state index in [4.69, 9.17) is 16.3 Å². The molecule has 0 unspecified atom stereocenters. The number of nitrogens with one attached hydrogen (secondary N) is 1. The average molecular weight is 405 g/mol. The second-order valence-electron chi connectivity index (χ2n) is 6.31. The summed E-state index contributed by atoms with van der Waals surface area (Å²) in [6.07, 6.45) is 5.30. The molecule has 0 aliphatic rings. The number of sulfonamides is 1. The van der Waals surface area contributed by atoms with Crippen LogP contribution < -0.4 is 14.4 Å². The first-order valence-corrected chi connectivity index (χ1v) is 11.0. The Morgan fingerprint density at radius 1 is 1.35 bits per heavy atom. The van der Waals surface area contributed by atoms with Crippen LogP contribution in [0.4, 0.5) is 5.69 Å². The molecule has 0 aromatic heterocycles. The van der Waals surface area contributed by atoms with E-state index in [9.17, 15) is 13.2 Å². The Labute approximate surface area is 161 Å². The SMILES string of the molecule is CCCC[C@H](CC)CNC(=O)CN(c1cc(Cl)ccc1OC)S(C)(=O)=O. The third kappa shape index (κ3) is 7.03. The van der Waals surface area contributed by atoms with Gasteiger partial charge < -0.3 is 10.1 Å². The van der Waals surface area contributed by atoms with Crippen molar-refractivity contribution in [3.63, 3.8) is 0 Å². The second kappa shape index (κ2) is 10.6. The maximum atomic E-state index is 12.4. The van der Waals surface area contributed by atoms with Gasteiger partial charge in [-0.15, -0.1) is 0 Å². The number of nitrogens with zero attached hydrogens (tertiary/aromatic N) is 1. The number of hydrogen-bond donors (Lipinski definition) is 1. The Balaban J connectivity index is 2.90. The van der Waals surface area contributed by atoms with Gasteiger partial charge in [-0.05, 0) is 30.5 Å². The average Bonchev–Trinajstić information content (AvgIpc) is 2.58. The van der Waals surface area contributed by atoms with Gasteiger partial charge in [0.25, 0.3) is 0 Å². The number of carbonyl (C=O) groups excluding carboxylic acids is 1. The van der Waals surface area contributed by atoms with Crippen molar-refractivity contribution in [3.8, 4) is 5.75 Å². The second-order valence-corrected chi connectivity index (χ2v) is 8.65. The highest BCUT2D eigenvalue weighted by Crippen LogP contribution is 2.32. The van der Waals surface area contributed by atoms with Crippen molar-refractivity contribution in [1.82, 2.24) is 5.32 Å². The Kier molecular flexibility index (Phi) is 9.22. The lowest BCUT2D eigenvalue weighted by atomic mass is 9.99. The van der Waals surface area contributed by atoms with Gasteiger partial charge in [-0.3, -0.25) is 9.10 Å². The predicted octanol–water partition coefficient (Wildman–Crippen LogP) is 3.45. The van der Waals surface area contributed by atoms with E-state index in [-0.39, 0.29) is 18.1 Å². The summed E-state index contributed by atoms with van der Waals surface area (Å²) < 4.78 is 30.7. The zero-order valence-electron chi connectivity index (χ0n) is 15.9. The minimum absolute atomic E-state index is 0.246. The molecule has 8 heteroatoms. The predicted molar refractivity (Wildman–Crippen MR) is 107 cm³/mol. The molecular formula is C18H29ClN2O4S. The van der Waals surface area contributed by atoms with E-state index in [1.807, 2.05) is 0 Å². The van der Waals surface area contributed by atoms with Crippen LogP contribution in [0.5, 0.6) is 5.75 Å². The van der Waals surface area contributed by atoms with Gasteiger partial charge in [0.1, 0.15) is 12.3 Å². The number of hydrogen-bond acceptors (Lipinski definition) is 4. The summed E-state index contributed by atoms with van der Waals surface area (Å²) in [7, 11) is -2.25. The first-order valence-electron chi connectivity index (χ1n) is 8.80. The van der Waals surface area contributed by atoms with Gasteiger partial charge in [0.2, 0.25) is 15.9 Å². The molecule has 1 N–H and O–H groups in total. The molecule has 1 rings (SSSR count). The number of halogens is 1. The highest BCUT2D eigenvalue weighted by molar-refractivity contribution is 7.92. The van der Waals surface area contributed by atoms with Crippen molar-refractivity contribution in [2.45, 2.75) is 39.5 Å². The maximum absolute atomic E-state index is 12.4. The molecule has 0 aliphatic heterocycles. The molecule has 0 bridgehead atoms. The lowest BCUT2D eigenvalue weighted by molar-refractivity contribution is -0.119. The van der Waals surface area contributed by atoms with Gasteiger partial charge >= 0.3 is 0 Å². The number of benzene rings is 1. The summed E-state index contributed by atoms with van der Waals surface area (Å²) in [5.74, 6) is 0.376. The normalized spacial score (nSPS) is 12.5. The molecule has 1 aromatic rings. The minimum Gasteiger partial charge on any atom is -0.495 e. The van der Waals surface area contributed by atoms with Crippen molar-refractivity contribution in [2.75, 3.05) is 30.8 Å². The zero-order chi connectivity index (χ0) is 19.7. The van der Waals surface area contributed by atoms with E-state index >= 15 is 0 Å². The third-order valence-corrected chi connectivity index (χ3v) is 5.59. The van der Waals surface area contributed by atoms with E-state index < -0.39 is 10.0 Å². The van der Waals surface area contributed by atoms with Crippen LogP contribution in [0.25, 0.3) is 0 Å². The van der Waals surface area contributed by atoms with Gasteiger partial charge in [-0.2, -0.15) is 0 Å². The summed E-state index contributed by atoms with van der Waals surface area (Å²) >= 11 is 6.00. The summed E-state index contributed by atoms with van der Waals surface area (Å²) in [5.41, 5.74) is 0.246. The topological polar surface area (TPSA) is 75.7 Å². The molecule has 1 atom stereocenters. The smallest absolute Gasteiger partial charge is 0.240 e. The Morgan fingerprint density at radius 2 is 2.04 bits per heavy atom. The fourth-order valence-corrected chi connectivity index (χ4v) is 3.65. The first-order chi connectivity index (χ1) is 12.2. The number of unbranched alkanes of at least 4 members (excludes halogenated alkanes) is 1. The van der Waals surface area contributed by atoms with Crippen LogP contribution in [0, 0.1) is 5.92 Å². The van der Waals surface area contributed by atoms with Gasteiger partial charge in [0.15, 0.2) is 0 Å². The van der Waals surface area contributed by atoms with Crippen molar-refractivity contribution in [3.05, 3.63) is 23.2 Å². The van der Waals surface area contributed by atoms with Crippen LogP contribution in [0.1, 0.15) is 39.5 Å². The van der Waals surface area contributed by atoms with Gasteiger partial charge in [-0.1, -0.05) is 44.7 Å². The molecule has 0 aliphatic carbocycles. The summed E-state index contributed by atoms with van der Waals surface area (Å²) in [6.45, 7) is 4.44. The van der Waals surface area contributed by atoms with E-state index in [0.29, 0.717) is 23.2 Å². The molecule has 0 heterocycles. The van der Waals surface area contributed by atoms with E-state index in [1.54, 1.807) is 12.1 Å². The molecule has 0 saturated heterocycles. The first kappa shape index (κ1) is 22.6. The molecule has 0 spiro atoms. The van der Waals surface area contributed by atoms with Crippen molar-refractivity contribution >= 4 is 33.2 Å². The van der Waals surface area contributed by atoms with Crippen molar-refractivity contribution in [2.24, 2.45) is 5.92 Å². The van der Waals surface area contributed by atoms with Crippen LogP contribution in [0.3, 0.4) is 0 Å². The Morgan fingerprint density at radius 3 is 2.58 bits per heavy atom. The largest absolute Gasteiger partial charge is 0.495 e. The number of anilines is 1. The molecule has 26 heavy (non-hydrogen) atoms. The van der Waals surface area contributed by atoms with Crippen LogP contribution in [0.2, 0.25) is 5.02 Å². The molecule has 0 radical (unpaired) electrons. The molecular weight excluding hydrogens is 376 g/mol. The highest BCUT2D eigenvalue weighted by Gasteiger charge is 2.24. The number of methoxy groups -OCH3 is 1. The van der Waals surface area contributed by atoms with E-state index in [2.05, 4.69) is 19.2 Å². The van der Waals surface area contributed by atoms with Crippen LogP contribution >= 0.6 is 11.6 Å². The van der Waals surface area contributed by atoms with Gasteiger partial charge in [0.05, 0.1) is 19.1 Å². The summed E-state index contributed by atoms with van der Waals surface area (Å²) in [6, 6.07) is 4.65. The lowest BCUT2D eigenvalue weighted by Gasteiger charge is -2.24. The highest BCUT2D eigenvalue weighted by atomic mass is 35.5. The summed E-state index contributed by atoms with van der Waals surface area (Å²) in [5, 5.41) is 3.21. The summed E-state index contributed by atoms with van der Waals surface area (Å²) in [4.78, 5) is 12.4. The fraction of sp³-hybridized carbons (Fsp3) is 0.611. The standard InChI is InChI=1S/C18H29ClN2O4S/c1-5-7-8-14(6-2)12-20-18(22)13-21(26(4,23)24)16-11-15(19)9-10-17(16)25-3/h9-11,14H,5-8,12-13H2,1-4H3,(H,20,22)/t14-/m0/s1. The van der Waals surface area contributed by atoms with Crippen molar-refractivity contribution in [1.29, 1.82) is 0 Å². The van der Waals surface area contributed by atoms with E-state index in [0.717, 1.165) is 36.2 Å². The quantitative estimate of drug-likeness (QED) is 0.612. The zero-order valence-corrected chi connectivity index (χ0v) is 17.5. The number of rotatable bonds is 11. The number of amides is 1. The van der Waals surface area contributed by atoms with Gasteiger partial charge in [0, 0.05) is 11.6 Å². The lowest BCUT2D eigenvalue weighted by Crippen LogP contribution is -2.41. The third-order valence-electron chi connectivity index (χ3n) is 4.23. The van der Waals surface area contributed by atoms with E-state index in [1.165, 1.54) is 13.2 Å². The Bertz CT molecular complexity index is 694. The van der Waals surface area contributed by atoms with Crippen LogP contribution in [-0.2, 0) is 14.8 Å². The minimum atomic E-state index is -3.69. The molecule has 1 aromatic carbocycles. The van der Waals surface area contributed by atoms with Crippen LogP contribution in [-0.4, -0.2) is 40.8 Å². The number of ether oxygens (including phenoxy) is 1. The molecule has 1 amide bonds. The fourth-order valence-electron chi connectivity index (χ4n) is 2.63. The molecule has 0 fully saturated rings. The molecule has 148 valence electrons. The molecule has 0 saturated carbocycles. The monoisotopic (exact) mass is 404 g/mol. The number of carbonyl (C=O) groups is 1. The maximum Gasteiger partial charge on any atom is 0.240 e. The molecule has 6 nitrogen and oxygen atoms in total. The van der Waals surface area contributed by atoms with Crippen LogP contribution in [0.15, 0.2) is 18.2 Å². The van der Waals surface area contributed by atoms with Gasteiger partial charge in [-0.25, -0.2) is 8.42 Å². The van der Waals surface area contributed by atoms with Crippen molar-refractivity contribution < 1.29 is 17.9 Å². The Hall–Kier alpha value is -1.47.